The van der Waals surface area contributed by atoms with E-state index in [4.69, 9.17) is 4.74 Å². The van der Waals surface area contributed by atoms with Crippen LogP contribution in [-0.2, 0) is 9.53 Å². The van der Waals surface area contributed by atoms with Crippen molar-refractivity contribution >= 4 is 5.97 Å². The van der Waals surface area contributed by atoms with Gasteiger partial charge in [0.2, 0.25) is 0 Å². The van der Waals surface area contributed by atoms with E-state index >= 15 is 0 Å². The number of hydrogen-bond donors (Lipinski definition) is 2. The van der Waals surface area contributed by atoms with Crippen LogP contribution in [0.5, 0.6) is 0 Å². The molecule has 0 aliphatic heterocycles. The van der Waals surface area contributed by atoms with Crippen LogP contribution in [0.25, 0.3) is 0 Å². The Hall–Kier alpha value is -1.13. The van der Waals surface area contributed by atoms with E-state index in [-0.39, 0.29) is 17.5 Å². The zero-order valence-corrected chi connectivity index (χ0v) is 49.1. The summed E-state index contributed by atoms with van der Waals surface area (Å²) in [5.74, 6) is 5.95. The van der Waals surface area contributed by atoms with Crippen molar-refractivity contribution in [1.29, 1.82) is 0 Å². The van der Waals surface area contributed by atoms with Crippen LogP contribution in [-0.4, -0.2) is 34.0 Å². The van der Waals surface area contributed by atoms with Crippen LogP contribution < -0.4 is 0 Å². The third-order valence-corrected chi connectivity index (χ3v) is 26.0. The SMILES string of the molecule is CC(=O)OC(CCC(C)C1CC[C@@]2(C)C3=C(CC[C@]12C)[C@@]1(C)CC[C@H](C)C(C)(C)[C@@H]1CC3)C(C)(C)C.CC(CCC(O)C(C)(C)O)C1CC[C@@]2(C)C3=C(CC[C@]12C)[C@@]1(C)CC[C@H](C)C(C)(C)[C@@H]1CC3. The lowest BCUT2D eigenvalue weighted by Gasteiger charge is -2.62. The van der Waals surface area contributed by atoms with Gasteiger partial charge in [-0.3, -0.25) is 4.79 Å². The molecule has 396 valence electrons. The van der Waals surface area contributed by atoms with E-state index in [2.05, 4.69) is 118 Å². The summed E-state index contributed by atoms with van der Waals surface area (Å²) in [5, 5.41) is 20.6. The molecule has 2 N–H and O–H groups in total. The summed E-state index contributed by atoms with van der Waals surface area (Å²) in [6.45, 7) is 47.8. The van der Waals surface area contributed by atoms with Crippen LogP contribution in [0.3, 0.4) is 0 Å². The van der Waals surface area contributed by atoms with Gasteiger partial charge < -0.3 is 14.9 Å². The second kappa shape index (κ2) is 18.6. The van der Waals surface area contributed by atoms with Gasteiger partial charge in [-0.2, -0.15) is 0 Å². The average molecular weight is 958 g/mol. The van der Waals surface area contributed by atoms with Gasteiger partial charge in [0.05, 0.1) is 11.7 Å². The van der Waals surface area contributed by atoms with Gasteiger partial charge in [-0.05, 0) is 238 Å². The Bertz CT molecular complexity index is 1950. The van der Waals surface area contributed by atoms with E-state index in [1.807, 2.05) is 22.3 Å². The van der Waals surface area contributed by atoms with Gasteiger partial charge in [0.1, 0.15) is 6.10 Å². The number of esters is 1. The quantitative estimate of drug-likeness (QED) is 0.169. The summed E-state index contributed by atoms with van der Waals surface area (Å²) in [7, 11) is 0. The predicted octanol–water partition coefficient (Wildman–Crippen LogP) is 17.7. The van der Waals surface area contributed by atoms with Gasteiger partial charge in [0, 0.05) is 6.92 Å². The van der Waals surface area contributed by atoms with Crippen LogP contribution >= 0.6 is 0 Å². The van der Waals surface area contributed by atoms with E-state index in [1.54, 1.807) is 20.8 Å². The van der Waals surface area contributed by atoms with Crippen LogP contribution in [0.1, 0.15) is 267 Å². The highest BCUT2D eigenvalue weighted by atomic mass is 16.5. The van der Waals surface area contributed by atoms with Gasteiger partial charge in [0.25, 0.3) is 0 Å². The molecular formula is C65H112O4. The molecule has 8 aliphatic carbocycles. The van der Waals surface area contributed by atoms with Crippen molar-refractivity contribution in [2.45, 2.75) is 285 Å². The van der Waals surface area contributed by atoms with Crippen LogP contribution in [0.2, 0.25) is 0 Å². The summed E-state index contributed by atoms with van der Waals surface area (Å²) in [5.41, 5.74) is 9.77. The highest BCUT2D eigenvalue weighted by Gasteiger charge is 2.65. The fraction of sp³-hybridized carbons (Fsp3) is 0.923. The molecule has 4 fully saturated rings. The monoisotopic (exact) mass is 957 g/mol. The van der Waals surface area contributed by atoms with Gasteiger partial charge in [0.15, 0.2) is 0 Å². The number of carbonyl (C=O) groups is 1. The molecule has 16 atom stereocenters. The fourth-order valence-corrected chi connectivity index (χ4v) is 20.1. The minimum Gasteiger partial charge on any atom is -0.462 e. The van der Waals surface area contributed by atoms with Crippen molar-refractivity contribution in [3.8, 4) is 0 Å². The van der Waals surface area contributed by atoms with Crippen LogP contribution in [0, 0.1) is 96.1 Å². The van der Waals surface area contributed by atoms with Crippen molar-refractivity contribution in [2.75, 3.05) is 0 Å². The van der Waals surface area contributed by atoms with Crippen LogP contribution in [0.15, 0.2) is 22.3 Å². The Kier molecular flexibility index (Phi) is 15.0. The first-order valence-electron chi connectivity index (χ1n) is 29.6. The molecule has 0 radical (unpaired) electrons. The number of aliphatic hydroxyl groups is 2. The largest absolute Gasteiger partial charge is 0.462 e. The molecule has 0 aromatic rings. The highest BCUT2D eigenvalue weighted by molar-refractivity contribution is 5.66. The standard InChI is InChI=1S/C34H58O2.C31H54O2/c1-22(12-15-29(30(4,5)6)36-24(3)35)25-17-20-34(11)27-13-14-28-31(7,8)23(2)16-19-32(28,9)26(27)18-21-33(25,34)10;1-20(10-13-26(32)28(5,6)33)22-15-18-31(9)24-11-12-25-27(3,4)21(2)14-17-29(25,7)23(24)16-19-30(22,31)8/h22-23,25,28-29H,12-21H2,1-11H3;20-22,25-26,32-33H,10-19H2,1-9H3/t22?,23-,25?,28-,29?,32+,33+,34-;20?,21-,22?,25-,26?,29+,30+,31-/m00/s1. The molecule has 8 rings (SSSR count). The molecule has 6 unspecified atom stereocenters. The summed E-state index contributed by atoms with van der Waals surface area (Å²) >= 11 is 0. The van der Waals surface area contributed by atoms with E-state index in [1.165, 1.54) is 103 Å². The van der Waals surface area contributed by atoms with E-state index in [9.17, 15) is 15.0 Å². The number of allylic oxidation sites excluding steroid dienone is 4. The smallest absolute Gasteiger partial charge is 0.302 e. The maximum absolute atomic E-state index is 11.8. The Labute approximate surface area is 427 Å². The third kappa shape index (κ3) is 9.00. The number of hydrogen-bond acceptors (Lipinski definition) is 4. The summed E-state index contributed by atoms with van der Waals surface area (Å²) < 4.78 is 5.79. The van der Waals surface area contributed by atoms with Gasteiger partial charge in [-0.25, -0.2) is 0 Å². The average Bonchev–Trinajstić information content (AvgIpc) is 3.69. The first kappa shape index (κ1) is 55.6. The summed E-state index contributed by atoms with van der Waals surface area (Å²) in [6, 6.07) is 0. The third-order valence-electron chi connectivity index (χ3n) is 26.0. The molecule has 8 aliphatic rings. The normalized spacial score (nSPS) is 43.1. The second-order valence-electron chi connectivity index (χ2n) is 31.0. The van der Waals surface area contributed by atoms with Crippen LogP contribution in [0.4, 0.5) is 0 Å². The van der Waals surface area contributed by atoms with E-state index < -0.39 is 11.7 Å². The minimum atomic E-state index is -1.00. The first-order chi connectivity index (χ1) is 31.6. The molecule has 0 heterocycles. The Morgan fingerprint density at radius 2 is 0.957 bits per heavy atom. The molecule has 0 spiro atoms. The molecule has 0 aromatic carbocycles. The van der Waals surface area contributed by atoms with E-state index in [0.29, 0.717) is 61.6 Å². The summed E-state index contributed by atoms with van der Waals surface area (Å²) in [6.07, 6.45) is 25.0. The first-order valence-corrected chi connectivity index (χ1v) is 29.6. The number of ether oxygens (including phenoxy) is 1. The van der Waals surface area contributed by atoms with Gasteiger partial charge >= 0.3 is 5.97 Å². The molecule has 4 saturated carbocycles. The Morgan fingerprint density at radius 1 is 0.565 bits per heavy atom. The topological polar surface area (TPSA) is 66.8 Å². The maximum atomic E-state index is 11.8. The Morgan fingerprint density at radius 3 is 1.32 bits per heavy atom. The van der Waals surface area contributed by atoms with Crippen molar-refractivity contribution in [1.82, 2.24) is 0 Å². The molecule has 0 bridgehead atoms. The zero-order chi connectivity index (χ0) is 51.5. The highest BCUT2D eigenvalue weighted by Crippen LogP contribution is 2.75. The van der Waals surface area contributed by atoms with E-state index in [0.717, 1.165) is 54.8 Å². The number of fused-ring (bicyclic) bond motifs is 8. The molecule has 0 saturated heterocycles. The number of carbonyl (C=O) groups excluding carboxylic acids is 1. The van der Waals surface area contributed by atoms with Crippen molar-refractivity contribution in [3.63, 3.8) is 0 Å². The van der Waals surface area contributed by atoms with Gasteiger partial charge in [-0.1, -0.05) is 140 Å². The van der Waals surface area contributed by atoms with Crippen molar-refractivity contribution < 1.29 is 19.7 Å². The molecular weight excluding hydrogens is 845 g/mol. The van der Waals surface area contributed by atoms with Gasteiger partial charge in [-0.15, -0.1) is 0 Å². The lowest BCUT2D eigenvalue weighted by molar-refractivity contribution is -0.152. The fourth-order valence-electron chi connectivity index (χ4n) is 20.1. The molecule has 4 heteroatoms. The molecule has 0 amide bonds. The lowest BCUT2D eigenvalue weighted by Crippen LogP contribution is -2.53. The van der Waals surface area contributed by atoms with Crippen molar-refractivity contribution in [3.05, 3.63) is 22.3 Å². The number of aliphatic hydroxyl groups excluding tert-OH is 1. The Balaban J connectivity index is 0.000000205. The second-order valence-corrected chi connectivity index (χ2v) is 31.0. The molecule has 69 heavy (non-hydrogen) atoms. The van der Waals surface area contributed by atoms with Crippen molar-refractivity contribution in [2.24, 2.45) is 96.1 Å². The summed E-state index contributed by atoms with van der Waals surface area (Å²) in [4.78, 5) is 11.8. The maximum Gasteiger partial charge on any atom is 0.302 e. The lowest BCUT2D eigenvalue weighted by atomic mass is 9.42. The molecule has 4 nitrogen and oxygen atoms in total. The molecule has 0 aromatic heterocycles. The number of rotatable bonds is 10. The minimum absolute atomic E-state index is 0.00554. The zero-order valence-electron chi connectivity index (χ0n) is 49.1. The predicted molar refractivity (Wildman–Crippen MR) is 291 cm³/mol.